The maximum atomic E-state index is 10.7. The van der Waals surface area contributed by atoms with Crippen molar-refractivity contribution in [2.24, 2.45) is 0 Å². The Bertz CT molecular complexity index is 129. The average molecular weight is 146 g/mol. The van der Waals surface area contributed by atoms with Crippen LogP contribution in [0.4, 0.5) is 0 Å². The first-order chi connectivity index (χ1) is 4.22. The van der Waals surface area contributed by atoms with E-state index in [-0.39, 0.29) is 5.97 Å². The van der Waals surface area contributed by atoms with Crippen molar-refractivity contribution >= 4 is 15.2 Å². The molecule has 0 heterocycles. The Labute approximate surface area is 57.5 Å². The van der Waals surface area contributed by atoms with Crippen LogP contribution in [-0.4, -0.2) is 12.6 Å². The molecule has 0 aromatic heterocycles. The van der Waals surface area contributed by atoms with Crippen molar-refractivity contribution in [1.29, 1.82) is 0 Å². The van der Waals surface area contributed by atoms with E-state index in [1.807, 2.05) is 0 Å². The summed E-state index contributed by atoms with van der Waals surface area (Å²) in [5, 5.41) is 0. The molecule has 0 bridgehead atoms. The highest BCUT2D eigenvalue weighted by atomic mass is 31.0. The van der Waals surface area contributed by atoms with Crippen LogP contribution >= 0.6 is 9.24 Å². The van der Waals surface area contributed by atoms with Crippen LogP contribution in [0.3, 0.4) is 0 Å². The average Bonchev–Trinajstić information content (AvgIpc) is 1.87. The van der Waals surface area contributed by atoms with Crippen LogP contribution in [0.15, 0.2) is 11.4 Å². The minimum Gasteiger partial charge on any atom is -0.463 e. The van der Waals surface area contributed by atoms with E-state index in [1.165, 1.54) is 0 Å². The summed E-state index contributed by atoms with van der Waals surface area (Å²) in [6.45, 7) is 3.94. The van der Waals surface area contributed by atoms with Gasteiger partial charge in [-0.1, -0.05) is 5.82 Å². The quantitative estimate of drug-likeness (QED) is 0.333. The van der Waals surface area contributed by atoms with Crippen LogP contribution in [0.25, 0.3) is 0 Å². The topological polar surface area (TPSA) is 26.3 Å². The maximum Gasteiger partial charge on any atom is 0.333 e. The van der Waals surface area contributed by atoms with Crippen LogP contribution in [0, 0.1) is 0 Å². The Morgan fingerprint density at radius 1 is 1.78 bits per heavy atom. The van der Waals surface area contributed by atoms with E-state index in [0.717, 1.165) is 0 Å². The third kappa shape index (κ3) is 3.26. The predicted molar refractivity (Wildman–Crippen MR) is 40.1 cm³/mol. The van der Waals surface area contributed by atoms with E-state index in [9.17, 15) is 4.79 Å². The third-order valence-corrected chi connectivity index (χ3v) is 1.35. The van der Waals surface area contributed by atoms with Gasteiger partial charge in [-0.3, -0.25) is 0 Å². The molecular formula is C6H11O2P. The summed E-state index contributed by atoms with van der Waals surface area (Å²) in [7, 11) is 2.35. The predicted octanol–water partition coefficient (Wildman–Crippen LogP) is 1.33. The lowest BCUT2D eigenvalue weighted by Crippen LogP contribution is -2.03. The van der Waals surface area contributed by atoms with Gasteiger partial charge in [0.05, 0.1) is 6.61 Å². The summed E-state index contributed by atoms with van der Waals surface area (Å²) in [5.41, 5.74) is 0.627. The van der Waals surface area contributed by atoms with E-state index >= 15 is 0 Å². The van der Waals surface area contributed by atoms with Gasteiger partial charge in [-0.2, -0.15) is 0 Å². The van der Waals surface area contributed by atoms with Gasteiger partial charge >= 0.3 is 5.97 Å². The van der Waals surface area contributed by atoms with Crippen LogP contribution in [-0.2, 0) is 9.53 Å². The molecule has 2 nitrogen and oxygen atoms in total. The van der Waals surface area contributed by atoms with Gasteiger partial charge < -0.3 is 4.74 Å². The number of esters is 1. The van der Waals surface area contributed by atoms with E-state index < -0.39 is 0 Å². The molecule has 1 unspecified atom stereocenters. The molecule has 1 atom stereocenters. The van der Waals surface area contributed by atoms with Gasteiger partial charge in [-0.15, -0.1) is 9.24 Å². The standard InChI is InChI=1S/C6H11O2P/c1-3-8-6(7)5(2)4-9/h4H,3,9H2,1-2H3. The number of hydrogen-bond acceptors (Lipinski definition) is 2. The largest absolute Gasteiger partial charge is 0.463 e. The van der Waals surface area contributed by atoms with Crippen LogP contribution < -0.4 is 0 Å². The Morgan fingerprint density at radius 2 is 2.33 bits per heavy atom. The summed E-state index contributed by atoms with van der Waals surface area (Å²) < 4.78 is 4.67. The smallest absolute Gasteiger partial charge is 0.333 e. The van der Waals surface area contributed by atoms with Crippen LogP contribution in [0.5, 0.6) is 0 Å². The molecule has 0 rings (SSSR count). The first-order valence-corrected chi connectivity index (χ1v) is 3.44. The first-order valence-electron chi connectivity index (χ1n) is 2.78. The van der Waals surface area contributed by atoms with Crippen molar-refractivity contribution in [1.82, 2.24) is 0 Å². The van der Waals surface area contributed by atoms with Gasteiger partial charge in [0, 0.05) is 5.57 Å². The molecule has 0 fully saturated rings. The fourth-order valence-corrected chi connectivity index (χ4v) is 0.449. The second-order valence-corrected chi connectivity index (χ2v) is 1.90. The maximum absolute atomic E-state index is 10.7. The molecule has 0 aliphatic carbocycles. The normalized spacial score (nSPS) is 11.2. The van der Waals surface area contributed by atoms with Gasteiger partial charge in [0.15, 0.2) is 0 Å². The summed E-state index contributed by atoms with van der Waals surface area (Å²) in [4.78, 5) is 10.7. The molecule has 0 spiro atoms. The van der Waals surface area contributed by atoms with E-state index in [1.54, 1.807) is 19.7 Å². The number of ether oxygens (including phenoxy) is 1. The molecule has 0 saturated heterocycles. The highest BCUT2D eigenvalue weighted by molar-refractivity contribution is 7.20. The molecule has 9 heavy (non-hydrogen) atoms. The molecule has 0 aromatic rings. The summed E-state index contributed by atoms with van der Waals surface area (Å²) in [5.74, 6) is 1.41. The SMILES string of the molecule is CCOC(=O)C(C)=CP. The molecule has 0 aliphatic heterocycles. The highest BCUT2D eigenvalue weighted by Gasteiger charge is 2.00. The lowest BCUT2D eigenvalue weighted by Gasteiger charge is -1.98. The second-order valence-electron chi connectivity index (χ2n) is 1.57. The van der Waals surface area contributed by atoms with E-state index in [4.69, 9.17) is 0 Å². The van der Waals surface area contributed by atoms with Gasteiger partial charge in [-0.05, 0) is 13.8 Å². The lowest BCUT2D eigenvalue weighted by atomic mass is 10.4. The Morgan fingerprint density at radius 3 is 2.67 bits per heavy atom. The Hall–Kier alpha value is -0.360. The van der Waals surface area contributed by atoms with Crippen LogP contribution in [0.2, 0.25) is 0 Å². The minimum absolute atomic E-state index is 0.243. The van der Waals surface area contributed by atoms with Crippen molar-refractivity contribution in [3.63, 3.8) is 0 Å². The van der Waals surface area contributed by atoms with Crippen molar-refractivity contribution in [2.75, 3.05) is 6.61 Å². The number of hydrogen-bond donors (Lipinski definition) is 0. The zero-order valence-electron chi connectivity index (χ0n) is 5.68. The minimum atomic E-state index is -0.243. The summed E-state index contributed by atoms with van der Waals surface area (Å²) in [6, 6.07) is 0. The summed E-state index contributed by atoms with van der Waals surface area (Å²) >= 11 is 0. The molecule has 0 aromatic carbocycles. The van der Waals surface area contributed by atoms with Crippen molar-refractivity contribution in [2.45, 2.75) is 13.8 Å². The Kier molecular flexibility index (Phi) is 4.33. The van der Waals surface area contributed by atoms with Crippen LogP contribution in [0.1, 0.15) is 13.8 Å². The molecule has 3 heteroatoms. The second kappa shape index (κ2) is 4.51. The molecule has 0 saturated carbocycles. The first kappa shape index (κ1) is 8.64. The monoisotopic (exact) mass is 146 g/mol. The molecular weight excluding hydrogens is 135 g/mol. The zero-order valence-corrected chi connectivity index (χ0v) is 6.83. The van der Waals surface area contributed by atoms with Crippen molar-refractivity contribution in [3.8, 4) is 0 Å². The Balaban J connectivity index is 3.74. The fraction of sp³-hybridized carbons (Fsp3) is 0.500. The molecule has 0 radical (unpaired) electrons. The van der Waals surface area contributed by atoms with E-state index in [2.05, 4.69) is 14.0 Å². The molecule has 52 valence electrons. The lowest BCUT2D eigenvalue weighted by molar-refractivity contribution is -0.138. The fourth-order valence-electron chi connectivity index (χ4n) is 0.313. The summed E-state index contributed by atoms with van der Waals surface area (Å²) in [6.07, 6.45) is 0. The third-order valence-electron chi connectivity index (χ3n) is 0.847. The van der Waals surface area contributed by atoms with Gasteiger partial charge in [0.2, 0.25) is 0 Å². The van der Waals surface area contributed by atoms with Gasteiger partial charge in [0.25, 0.3) is 0 Å². The molecule has 0 amide bonds. The number of carbonyl (C=O) groups is 1. The molecule has 0 aliphatic rings. The van der Waals surface area contributed by atoms with Crippen molar-refractivity contribution < 1.29 is 9.53 Å². The zero-order chi connectivity index (χ0) is 7.28. The van der Waals surface area contributed by atoms with Gasteiger partial charge in [-0.25, -0.2) is 4.79 Å². The van der Waals surface area contributed by atoms with E-state index in [0.29, 0.717) is 12.2 Å². The van der Waals surface area contributed by atoms with Gasteiger partial charge in [0.1, 0.15) is 0 Å². The number of rotatable bonds is 2. The highest BCUT2D eigenvalue weighted by Crippen LogP contribution is 1.99. The van der Waals surface area contributed by atoms with Crippen molar-refractivity contribution in [3.05, 3.63) is 11.4 Å². The number of carbonyl (C=O) groups excluding carboxylic acids is 1. The molecule has 0 N–H and O–H groups in total.